The van der Waals surface area contributed by atoms with E-state index in [2.05, 4.69) is 0 Å². The Morgan fingerprint density at radius 1 is 1.33 bits per heavy atom. The number of hydrogen-bond donors (Lipinski definition) is 0. The number of pyridine rings is 1. The molecule has 0 radical (unpaired) electrons. The normalized spacial score (nSPS) is 8.11. The molecule has 0 spiro atoms. The van der Waals surface area contributed by atoms with Gasteiger partial charge in [-0.05, 0) is 12.5 Å². The SMILES string of the molecule is Cc1cc[n+]([O-])cc1.O. The van der Waals surface area contributed by atoms with Crippen LogP contribution < -0.4 is 4.73 Å². The van der Waals surface area contributed by atoms with Crippen molar-refractivity contribution in [1.82, 2.24) is 0 Å². The summed E-state index contributed by atoms with van der Waals surface area (Å²) >= 11 is 0. The first-order valence-corrected chi connectivity index (χ1v) is 2.44. The van der Waals surface area contributed by atoms with Crippen LogP contribution in [0.4, 0.5) is 0 Å². The Balaban J connectivity index is 0.000000640. The van der Waals surface area contributed by atoms with Crippen molar-refractivity contribution in [2.24, 2.45) is 0 Å². The highest BCUT2D eigenvalue weighted by molar-refractivity contribution is 5.03. The number of nitrogens with zero attached hydrogens (tertiary/aromatic N) is 1. The van der Waals surface area contributed by atoms with E-state index in [9.17, 15) is 5.21 Å². The molecule has 0 atom stereocenters. The number of aryl methyl sites for hydroxylation is 1. The van der Waals surface area contributed by atoms with E-state index >= 15 is 0 Å². The van der Waals surface area contributed by atoms with Crippen molar-refractivity contribution in [3.8, 4) is 0 Å². The van der Waals surface area contributed by atoms with Gasteiger partial charge in [-0.1, -0.05) is 0 Å². The number of rotatable bonds is 0. The van der Waals surface area contributed by atoms with E-state index < -0.39 is 0 Å². The Kier molecular flexibility index (Phi) is 2.67. The predicted molar refractivity (Wildman–Crippen MR) is 33.8 cm³/mol. The van der Waals surface area contributed by atoms with Crippen LogP contribution >= 0.6 is 0 Å². The van der Waals surface area contributed by atoms with E-state index in [1.54, 1.807) is 12.1 Å². The summed E-state index contributed by atoms with van der Waals surface area (Å²) in [7, 11) is 0. The first kappa shape index (κ1) is 7.91. The van der Waals surface area contributed by atoms with Gasteiger partial charge in [0.25, 0.3) is 0 Å². The van der Waals surface area contributed by atoms with Crippen LogP contribution in [0, 0.1) is 12.1 Å². The molecule has 1 aromatic heterocycles. The van der Waals surface area contributed by atoms with Gasteiger partial charge in [0, 0.05) is 12.1 Å². The topological polar surface area (TPSA) is 58.4 Å². The van der Waals surface area contributed by atoms with Crippen molar-refractivity contribution in [3.05, 3.63) is 35.3 Å². The van der Waals surface area contributed by atoms with Gasteiger partial charge >= 0.3 is 0 Å². The number of aromatic nitrogens is 1. The smallest absolute Gasteiger partial charge is 0.180 e. The van der Waals surface area contributed by atoms with Gasteiger partial charge in [0.15, 0.2) is 12.4 Å². The Bertz CT molecular complexity index is 150. The van der Waals surface area contributed by atoms with Gasteiger partial charge in [0.1, 0.15) is 0 Å². The molecule has 1 heterocycles. The average Bonchev–Trinajstić information content (AvgIpc) is 1.77. The van der Waals surface area contributed by atoms with Crippen molar-refractivity contribution in [3.63, 3.8) is 0 Å². The second-order valence-electron chi connectivity index (χ2n) is 1.74. The summed E-state index contributed by atoms with van der Waals surface area (Å²) in [5.41, 5.74) is 1.11. The molecule has 0 aliphatic heterocycles. The molecule has 0 amide bonds. The summed E-state index contributed by atoms with van der Waals surface area (Å²) in [6, 6.07) is 3.54. The van der Waals surface area contributed by atoms with E-state index in [0.29, 0.717) is 0 Å². The van der Waals surface area contributed by atoms with E-state index in [-0.39, 0.29) is 5.48 Å². The van der Waals surface area contributed by atoms with Crippen LogP contribution in [0.1, 0.15) is 5.56 Å². The number of hydrogen-bond acceptors (Lipinski definition) is 1. The molecule has 3 nitrogen and oxygen atoms in total. The van der Waals surface area contributed by atoms with Crippen LogP contribution in [0.15, 0.2) is 24.5 Å². The summed E-state index contributed by atoms with van der Waals surface area (Å²) in [4.78, 5) is 0. The minimum absolute atomic E-state index is 0. The van der Waals surface area contributed by atoms with Gasteiger partial charge in [-0.15, -0.1) is 0 Å². The van der Waals surface area contributed by atoms with E-state index in [0.717, 1.165) is 10.3 Å². The zero-order valence-corrected chi connectivity index (χ0v) is 5.16. The van der Waals surface area contributed by atoms with Crippen LogP contribution in [0.3, 0.4) is 0 Å². The van der Waals surface area contributed by atoms with Gasteiger partial charge in [0.2, 0.25) is 0 Å². The molecule has 0 saturated carbocycles. The van der Waals surface area contributed by atoms with Gasteiger partial charge in [-0.25, -0.2) is 0 Å². The average molecular weight is 127 g/mol. The highest BCUT2D eigenvalue weighted by Crippen LogP contribution is 1.87. The fourth-order valence-electron chi connectivity index (χ4n) is 0.487. The lowest BCUT2D eigenvalue weighted by molar-refractivity contribution is -0.605. The molecular formula is C6H9NO2. The lowest BCUT2D eigenvalue weighted by atomic mass is 10.3. The highest BCUT2D eigenvalue weighted by atomic mass is 16.5. The summed E-state index contributed by atoms with van der Waals surface area (Å²) in [6.07, 6.45) is 2.96. The van der Waals surface area contributed by atoms with Crippen LogP contribution in [0.5, 0.6) is 0 Å². The third-order valence-electron chi connectivity index (χ3n) is 0.969. The molecule has 0 aliphatic carbocycles. The van der Waals surface area contributed by atoms with Gasteiger partial charge in [0.05, 0.1) is 0 Å². The fraction of sp³-hybridized carbons (Fsp3) is 0.167. The summed E-state index contributed by atoms with van der Waals surface area (Å²) in [6.45, 7) is 1.94. The Morgan fingerprint density at radius 2 is 1.78 bits per heavy atom. The van der Waals surface area contributed by atoms with Crippen molar-refractivity contribution in [1.29, 1.82) is 0 Å². The first-order valence-electron chi connectivity index (χ1n) is 2.44. The third-order valence-corrected chi connectivity index (χ3v) is 0.969. The molecular weight excluding hydrogens is 118 g/mol. The molecule has 2 N–H and O–H groups in total. The maximum atomic E-state index is 10.3. The molecule has 0 aliphatic rings. The monoisotopic (exact) mass is 127 g/mol. The largest absolute Gasteiger partial charge is 0.619 e. The standard InChI is InChI=1S/C6H7NO.H2O/c1-6-2-4-7(8)5-3-6;/h2-5H,1H3;1H2. The van der Waals surface area contributed by atoms with Crippen LogP contribution in [-0.4, -0.2) is 5.48 Å². The fourth-order valence-corrected chi connectivity index (χ4v) is 0.487. The quantitative estimate of drug-likeness (QED) is 0.352. The minimum Gasteiger partial charge on any atom is -0.619 e. The van der Waals surface area contributed by atoms with Crippen molar-refractivity contribution in [2.45, 2.75) is 6.92 Å². The molecule has 0 saturated heterocycles. The predicted octanol–water partition coefficient (Wildman–Crippen LogP) is -0.196. The van der Waals surface area contributed by atoms with Gasteiger partial charge in [-0.3, -0.25) is 0 Å². The summed E-state index contributed by atoms with van der Waals surface area (Å²) in [5.74, 6) is 0. The van der Waals surface area contributed by atoms with Gasteiger partial charge in [-0.2, -0.15) is 4.73 Å². The second kappa shape index (κ2) is 3.04. The third kappa shape index (κ3) is 2.10. The molecule has 0 fully saturated rings. The lowest BCUT2D eigenvalue weighted by Crippen LogP contribution is -2.23. The Labute approximate surface area is 53.5 Å². The molecule has 3 heteroatoms. The van der Waals surface area contributed by atoms with E-state index in [4.69, 9.17) is 0 Å². The molecule has 1 rings (SSSR count). The van der Waals surface area contributed by atoms with E-state index in [1.165, 1.54) is 12.4 Å². The maximum Gasteiger partial charge on any atom is 0.180 e. The zero-order chi connectivity index (χ0) is 5.98. The lowest BCUT2D eigenvalue weighted by Gasteiger charge is -1.92. The molecule has 9 heavy (non-hydrogen) atoms. The van der Waals surface area contributed by atoms with E-state index in [1.807, 2.05) is 6.92 Å². The summed E-state index contributed by atoms with van der Waals surface area (Å²) < 4.78 is 0.771. The highest BCUT2D eigenvalue weighted by Gasteiger charge is 1.83. The molecule has 0 bridgehead atoms. The van der Waals surface area contributed by atoms with Crippen molar-refractivity contribution < 1.29 is 10.2 Å². The Hall–Kier alpha value is -1.09. The van der Waals surface area contributed by atoms with Crippen molar-refractivity contribution in [2.75, 3.05) is 0 Å². The minimum atomic E-state index is 0. The molecule has 50 valence electrons. The van der Waals surface area contributed by atoms with Crippen LogP contribution in [0.25, 0.3) is 0 Å². The Morgan fingerprint density at radius 3 is 2.11 bits per heavy atom. The zero-order valence-electron chi connectivity index (χ0n) is 5.16. The summed E-state index contributed by atoms with van der Waals surface area (Å²) in [5, 5.41) is 10.3. The van der Waals surface area contributed by atoms with Crippen LogP contribution in [-0.2, 0) is 0 Å². The molecule has 1 aromatic rings. The maximum absolute atomic E-state index is 10.3. The second-order valence-corrected chi connectivity index (χ2v) is 1.74. The van der Waals surface area contributed by atoms with Crippen LogP contribution in [0.2, 0.25) is 0 Å². The van der Waals surface area contributed by atoms with Gasteiger partial charge < -0.3 is 10.7 Å². The van der Waals surface area contributed by atoms with Crippen molar-refractivity contribution >= 4 is 0 Å². The molecule has 0 aromatic carbocycles. The first-order chi connectivity index (χ1) is 3.79. The molecule has 0 unspecified atom stereocenters.